The topological polar surface area (TPSA) is 55.4 Å². The molecule has 0 aromatic heterocycles. The highest BCUT2D eigenvalue weighted by Crippen LogP contribution is 1.91. The van der Waals surface area contributed by atoms with Crippen LogP contribution in [0.5, 0.6) is 0 Å². The van der Waals surface area contributed by atoms with Crippen molar-refractivity contribution in [1.82, 2.24) is 5.32 Å². The molecule has 0 atom stereocenters. The Morgan fingerprint density at radius 2 is 2.15 bits per heavy atom. The van der Waals surface area contributed by atoms with E-state index in [1.54, 1.807) is 11.4 Å². The molecule has 13 heavy (non-hydrogen) atoms. The summed E-state index contributed by atoms with van der Waals surface area (Å²) in [5, 5.41) is 1.63. The van der Waals surface area contributed by atoms with E-state index in [0.29, 0.717) is 6.42 Å². The van der Waals surface area contributed by atoms with Gasteiger partial charge in [-0.15, -0.1) is 6.58 Å². The number of rotatable bonds is 4. The van der Waals surface area contributed by atoms with Gasteiger partial charge in [0.25, 0.3) is 5.91 Å². The van der Waals surface area contributed by atoms with Crippen LogP contribution in [0.4, 0.5) is 9.18 Å². The summed E-state index contributed by atoms with van der Waals surface area (Å²) in [6, 6.07) is 0. The van der Waals surface area contributed by atoms with Crippen molar-refractivity contribution in [3.05, 3.63) is 25.1 Å². The van der Waals surface area contributed by atoms with Crippen LogP contribution in [0.15, 0.2) is 25.1 Å². The van der Waals surface area contributed by atoms with Crippen LogP contribution in [0.25, 0.3) is 0 Å². The number of ether oxygens (including phenoxy) is 1. The molecule has 0 spiro atoms. The molecule has 4 nitrogen and oxygen atoms in total. The Labute approximate surface area is 75.1 Å². The third kappa shape index (κ3) is 5.60. The van der Waals surface area contributed by atoms with Gasteiger partial charge in [-0.05, 0) is 6.42 Å². The number of halogens is 1. The molecule has 0 aromatic carbocycles. The zero-order valence-electron chi connectivity index (χ0n) is 7.01. The van der Waals surface area contributed by atoms with Crippen molar-refractivity contribution in [2.24, 2.45) is 0 Å². The standard InChI is InChI=1S/C8H10FNO3/c1-3-4-5-13-8(12)10-7(11)6(2)9/h3H,1-2,4-5H2,(H,10,11,12). The SMILES string of the molecule is C=CCCOC(=O)NC(=O)C(=C)F. The summed E-state index contributed by atoms with van der Waals surface area (Å²) in [7, 11) is 0. The van der Waals surface area contributed by atoms with Crippen molar-refractivity contribution in [2.45, 2.75) is 6.42 Å². The van der Waals surface area contributed by atoms with E-state index < -0.39 is 17.8 Å². The number of hydrogen-bond donors (Lipinski definition) is 1. The number of carbonyl (C=O) groups excluding carboxylic acids is 2. The van der Waals surface area contributed by atoms with Crippen molar-refractivity contribution in [3.63, 3.8) is 0 Å². The van der Waals surface area contributed by atoms with E-state index in [9.17, 15) is 14.0 Å². The van der Waals surface area contributed by atoms with Gasteiger partial charge in [-0.1, -0.05) is 12.7 Å². The van der Waals surface area contributed by atoms with Crippen LogP contribution in [0.2, 0.25) is 0 Å². The molecule has 0 aliphatic heterocycles. The van der Waals surface area contributed by atoms with Gasteiger partial charge < -0.3 is 4.74 Å². The Kier molecular flexibility index (Phi) is 5.18. The van der Waals surface area contributed by atoms with Gasteiger partial charge in [-0.2, -0.15) is 0 Å². The average Bonchev–Trinajstić information content (AvgIpc) is 2.04. The van der Waals surface area contributed by atoms with Gasteiger partial charge >= 0.3 is 6.09 Å². The van der Waals surface area contributed by atoms with Gasteiger partial charge in [0, 0.05) is 0 Å². The predicted octanol–water partition coefficient (Wildman–Crippen LogP) is 1.30. The third-order valence-electron chi connectivity index (χ3n) is 1.02. The van der Waals surface area contributed by atoms with Gasteiger partial charge in [0.2, 0.25) is 0 Å². The lowest BCUT2D eigenvalue weighted by Crippen LogP contribution is -2.31. The summed E-state index contributed by atoms with van der Waals surface area (Å²) in [6.45, 7) is 6.19. The van der Waals surface area contributed by atoms with Gasteiger partial charge in [0.1, 0.15) is 0 Å². The molecule has 72 valence electrons. The smallest absolute Gasteiger partial charge is 0.414 e. The fraction of sp³-hybridized carbons (Fsp3) is 0.250. The van der Waals surface area contributed by atoms with Gasteiger partial charge in [-0.3, -0.25) is 10.1 Å². The van der Waals surface area contributed by atoms with Crippen LogP contribution in [-0.4, -0.2) is 18.6 Å². The Bertz CT molecular complexity index is 238. The maximum absolute atomic E-state index is 12.0. The Balaban J connectivity index is 3.68. The molecule has 0 heterocycles. The van der Waals surface area contributed by atoms with E-state index in [1.165, 1.54) is 0 Å². The monoisotopic (exact) mass is 187 g/mol. The van der Waals surface area contributed by atoms with E-state index >= 15 is 0 Å². The van der Waals surface area contributed by atoms with Crippen molar-refractivity contribution in [2.75, 3.05) is 6.61 Å². The highest BCUT2D eigenvalue weighted by Gasteiger charge is 2.10. The second-order valence-electron chi connectivity index (χ2n) is 2.07. The van der Waals surface area contributed by atoms with Crippen LogP contribution < -0.4 is 5.32 Å². The van der Waals surface area contributed by atoms with Crippen LogP contribution in [0.1, 0.15) is 6.42 Å². The van der Waals surface area contributed by atoms with Crippen molar-refractivity contribution in [1.29, 1.82) is 0 Å². The number of hydrogen-bond acceptors (Lipinski definition) is 3. The van der Waals surface area contributed by atoms with Gasteiger partial charge in [-0.25, -0.2) is 9.18 Å². The maximum atomic E-state index is 12.0. The largest absolute Gasteiger partial charge is 0.449 e. The first-order chi connectivity index (χ1) is 6.07. The average molecular weight is 187 g/mol. The summed E-state index contributed by atoms with van der Waals surface area (Å²) in [6.07, 6.45) is 1.02. The molecular formula is C8H10FNO3. The molecular weight excluding hydrogens is 177 g/mol. The van der Waals surface area contributed by atoms with Crippen LogP contribution >= 0.6 is 0 Å². The van der Waals surface area contributed by atoms with Crippen LogP contribution in [0, 0.1) is 0 Å². The first-order valence-corrected chi connectivity index (χ1v) is 3.51. The molecule has 0 saturated heterocycles. The molecule has 0 radical (unpaired) electrons. The summed E-state index contributed by atoms with van der Waals surface area (Å²) >= 11 is 0. The molecule has 0 unspecified atom stereocenters. The molecule has 2 amide bonds. The minimum Gasteiger partial charge on any atom is -0.449 e. The first kappa shape index (κ1) is 11.4. The first-order valence-electron chi connectivity index (χ1n) is 3.51. The second-order valence-corrected chi connectivity index (χ2v) is 2.07. The minimum atomic E-state index is -1.24. The van der Waals surface area contributed by atoms with Crippen molar-refractivity contribution in [3.8, 4) is 0 Å². The highest BCUT2D eigenvalue weighted by atomic mass is 19.1. The fourth-order valence-electron chi connectivity index (χ4n) is 0.432. The lowest BCUT2D eigenvalue weighted by molar-refractivity contribution is -0.118. The normalized spacial score (nSPS) is 8.69. The molecule has 1 N–H and O–H groups in total. The molecule has 0 fully saturated rings. The lowest BCUT2D eigenvalue weighted by atomic mass is 10.5. The van der Waals surface area contributed by atoms with Crippen molar-refractivity contribution >= 4 is 12.0 Å². The molecule has 0 bridgehead atoms. The van der Waals surface area contributed by atoms with E-state index in [-0.39, 0.29) is 6.61 Å². The van der Waals surface area contributed by atoms with Gasteiger partial charge in [0.05, 0.1) is 6.61 Å². The summed E-state index contributed by atoms with van der Waals surface area (Å²) in [4.78, 5) is 21.1. The fourth-order valence-corrected chi connectivity index (χ4v) is 0.432. The van der Waals surface area contributed by atoms with E-state index in [0.717, 1.165) is 0 Å². The number of amides is 2. The molecule has 5 heteroatoms. The Morgan fingerprint density at radius 3 is 2.62 bits per heavy atom. The molecule has 0 rings (SSSR count). The van der Waals surface area contributed by atoms with Gasteiger partial charge in [0.15, 0.2) is 5.83 Å². The zero-order chi connectivity index (χ0) is 10.3. The molecule has 0 aliphatic carbocycles. The molecule has 0 aromatic rings. The minimum absolute atomic E-state index is 0.0986. The van der Waals surface area contributed by atoms with E-state index in [2.05, 4.69) is 17.9 Å². The Hall–Kier alpha value is -1.65. The second kappa shape index (κ2) is 5.93. The zero-order valence-corrected chi connectivity index (χ0v) is 7.01. The number of imide groups is 1. The van der Waals surface area contributed by atoms with E-state index in [1.807, 2.05) is 0 Å². The maximum Gasteiger partial charge on any atom is 0.414 e. The number of nitrogens with one attached hydrogen (secondary N) is 1. The van der Waals surface area contributed by atoms with E-state index in [4.69, 9.17) is 0 Å². The number of carbonyl (C=O) groups is 2. The Morgan fingerprint density at radius 1 is 1.54 bits per heavy atom. The quantitative estimate of drug-likeness (QED) is 0.410. The third-order valence-corrected chi connectivity index (χ3v) is 1.02. The molecule has 0 saturated carbocycles. The van der Waals surface area contributed by atoms with Crippen LogP contribution in [-0.2, 0) is 9.53 Å². The van der Waals surface area contributed by atoms with Crippen molar-refractivity contribution < 1.29 is 18.7 Å². The summed E-state index contributed by atoms with van der Waals surface area (Å²) in [5.41, 5.74) is 0. The van der Waals surface area contributed by atoms with Crippen LogP contribution in [0.3, 0.4) is 0 Å². The predicted molar refractivity (Wildman–Crippen MR) is 44.6 cm³/mol. The lowest BCUT2D eigenvalue weighted by Gasteiger charge is -2.02. The summed E-state index contributed by atoms with van der Waals surface area (Å²) < 4.78 is 16.5. The summed E-state index contributed by atoms with van der Waals surface area (Å²) in [5.74, 6) is -2.43. The highest BCUT2D eigenvalue weighted by molar-refractivity contribution is 6.00. The molecule has 0 aliphatic rings. The number of alkyl carbamates (subject to hydrolysis) is 1.